The van der Waals surface area contributed by atoms with Gasteiger partial charge in [0.1, 0.15) is 5.75 Å². The summed E-state index contributed by atoms with van der Waals surface area (Å²) in [6.07, 6.45) is 2.04. The Hall–Kier alpha value is -3.12. The summed E-state index contributed by atoms with van der Waals surface area (Å²) < 4.78 is 6.97. The fourth-order valence-corrected chi connectivity index (χ4v) is 3.34. The van der Waals surface area contributed by atoms with E-state index in [1.807, 2.05) is 56.3 Å². The van der Waals surface area contributed by atoms with E-state index >= 15 is 0 Å². The Balaban J connectivity index is 1.81. The van der Waals surface area contributed by atoms with Gasteiger partial charge >= 0.3 is 0 Å². The Bertz CT molecular complexity index is 1090. The fourth-order valence-electron chi connectivity index (χ4n) is 3.34. The van der Waals surface area contributed by atoms with E-state index in [1.54, 1.807) is 30.0 Å². The Morgan fingerprint density at radius 2 is 1.93 bits per heavy atom. The number of nitrogens with one attached hydrogen (secondary N) is 1. The molecule has 0 aliphatic carbocycles. The zero-order chi connectivity index (χ0) is 21.0. The normalized spacial score (nSPS) is 11.1. The number of anilines is 1. The first-order chi connectivity index (χ1) is 13.9. The lowest BCUT2D eigenvalue weighted by Crippen LogP contribution is -2.26. The van der Waals surface area contributed by atoms with Crippen LogP contribution < -0.4 is 15.6 Å². The molecule has 0 aliphatic rings. The van der Waals surface area contributed by atoms with Crippen LogP contribution in [-0.4, -0.2) is 43.1 Å². The molecule has 0 atom stereocenters. The van der Waals surface area contributed by atoms with E-state index in [-0.39, 0.29) is 17.9 Å². The Kier molecular flexibility index (Phi) is 6.34. The number of ether oxygens (including phenoxy) is 1. The van der Waals surface area contributed by atoms with Crippen molar-refractivity contribution < 1.29 is 9.53 Å². The molecule has 0 saturated carbocycles. The highest BCUT2D eigenvalue weighted by atomic mass is 16.5. The quantitative estimate of drug-likeness (QED) is 0.670. The van der Waals surface area contributed by atoms with Crippen LogP contribution in [0.2, 0.25) is 0 Å². The summed E-state index contributed by atoms with van der Waals surface area (Å²) in [5.74, 6) is 0.674. The number of likely N-dealkylation sites (N-methyl/N-ethyl adjacent to an activating group) is 1. The summed E-state index contributed by atoms with van der Waals surface area (Å²) in [7, 11) is 5.58. The molecule has 1 amide bonds. The van der Waals surface area contributed by atoms with Crippen LogP contribution in [0.1, 0.15) is 11.1 Å². The first-order valence-corrected chi connectivity index (χ1v) is 9.59. The summed E-state index contributed by atoms with van der Waals surface area (Å²) in [5, 5.41) is 4.30. The summed E-state index contributed by atoms with van der Waals surface area (Å²) in [6.45, 7) is 3.35. The first-order valence-electron chi connectivity index (χ1n) is 9.59. The number of amides is 1. The van der Waals surface area contributed by atoms with Crippen LogP contribution in [-0.2, 0) is 17.8 Å². The third-order valence-corrected chi connectivity index (χ3v) is 4.90. The van der Waals surface area contributed by atoms with Gasteiger partial charge in [-0.05, 0) is 56.4 Å². The van der Waals surface area contributed by atoms with Crippen molar-refractivity contribution >= 4 is 22.4 Å². The predicted octanol–water partition coefficient (Wildman–Crippen LogP) is 3.06. The number of hydrogen-bond acceptors (Lipinski definition) is 4. The van der Waals surface area contributed by atoms with E-state index in [0.29, 0.717) is 17.6 Å². The van der Waals surface area contributed by atoms with Crippen molar-refractivity contribution in [1.82, 2.24) is 9.47 Å². The minimum Gasteiger partial charge on any atom is -0.496 e. The Morgan fingerprint density at radius 3 is 2.62 bits per heavy atom. The van der Waals surface area contributed by atoms with E-state index in [9.17, 15) is 9.59 Å². The zero-order valence-corrected chi connectivity index (χ0v) is 17.4. The van der Waals surface area contributed by atoms with Gasteiger partial charge < -0.3 is 19.5 Å². The van der Waals surface area contributed by atoms with Gasteiger partial charge in [0.05, 0.1) is 13.5 Å². The van der Waals surface area contributed by atoms with E-state index in [1.165, 1.54) is 0 Å². The molecule has 1 aromatic heterocycles. The van der Waals surface area contributed by atoms with Crippen molar-refractivity contribution in [3.05, 3.63) is 70.1 Å². The lowest BCUT2D eigenvalue weighted by molar-refractivity contribution is -0.115. The SMILES string of the molecule is COc1ccc(CC(=O)Nc2cccc3c(=O)n(CCN(C)C)ccc23)cc1C. The molecule has 29 heavy (non-hydrogen) atoms. The Morgan fingerprint density at radius 1 is 1.14 bits per heavy atom. The largest absolute Gasteiger partial charge is 0.496 e. The van der Waals surface area contributed by atoms with Gasteiger partial charge in [-0.1, -0.05) is 18.2 Å². The molecule has 0 radical (unpaired) electrons. The van der Waals surface area contributed by atoms with E-state index < -0.39 is 0 Å². The maximum atomic E-state index is 12.8. The molecule has 152 valence electrons. The molecule has 0 unspecified atom stereocenters. The van der Waals surface area contributed by atoms with E-state index in [0.717, 1.165) is 28.8 Å². The number of carbonyl (C=O) groups excluding carboxylic acids is 1. The number of benzene rings is 2. The average molecular weight is 393 g/mol. The summed E-state index contributed by atoms with van der Waals surface area (Å²) in [6, 6.07) is 13.0. The van der Waals surface area contributed by atoms with Crippen LogP contribution in [0.4, 0.5) is 5.69 Å². The molecule has 0 fully saturated rings. The monoisotopic (exact) mass is 393 g/mol. The van der Waals surface area contributed by atoms with Crippen molar-refractivity contribution in [3.63, 3.8) is 0 Å². The summed E-state index contributed by atoms with van der Waals surface area (Å²) in [5.41, 5.74) is 2.49. The number of fused-ring (bicyclic) bond motifs is 1. The topological polar surface area (TPSA) is 63.6 Å². The third kappa shape index (κ3) is 4.84. The molecular formula is C23H27N3O3. The van der Waals surface area contributed by atoms with Gasteiger partial charge in [-0.15, -0.1) is 0 Å². The highest BCUT2D eigenvalue weighted by Crippen LogP contribution is 2.22. The predicted molar refractivity (Wildman–Crippen MR) is 117 cm³/mol. The first kappa shape index (κ1) is 20.6. The molecule has 0 bridgehead atoms. The molecule has 1 heterocycles. The number of pyridine rings is 1. The molecule has 6 nitrogen and oxygen atoms in total. The molecule has 6 heteroatoms. The second-order valence-electron chi connectivity index (χ2n) is 7.41. The molecule has 3 rings (SSSR count). The van der Waals surface area contributed by atoms with Crippen molar-refractivity contribution in [2.45, 2.75) is 19.9 Å². The molecule has 0 aliphatic heterocycles. The number of nitrogens with zero attached hydrogens (tertiary/aromatic N) is 2. The molecular weight excluding hydrogens is 366 g/mol. The summed E-state index contributed by atoms with van der Waals surface area (Å²) in [4.78, 5) is 27.4. The van der Waals surface area contributed by atoms with Crippen molar-refractivity contribution in [2.75, 3.05) is 33.1 Å². The average Bonchev–Trinajstić information content (AvgIpc) is 2.68. The van der Waals surface area contributed by atoms with Gasteiger partial charge in [0, 0.05) is 35.7 Å². The Labute approximate surface area is 170 Å². The van der Waals surface area contributed by atoms with Crippen LogP contribution in [0.15, 0.2) is 53.5 Å². The number of aryl methyl sites for hydroxylation is 1. The maximum absolute atomic E-state index is 12.8. The second kappa shape index (κ2) is 8.92. The zero-order valence-electron chi connectivity index (χ0n) is 17.4. The summed E-state index contributed by atoms with van der Waals surface area (Å²) >= 11 is 0. The van der Waals surface area contributed by atoms with Gasteiger partial charge in [-0.3, -0.25) is 9.59 Å². The maximum Gasteiger partial charge on any atom is 0.258 e. The van der Waals surface area contributed by atoms with E-state index in [2.05, 4.69) is 5.32 Å². The van der Waals surface area contributed by atoms with Crippen molar-refractivity contribution in [2.24, 2.45) is 0 Å². The van der Waals surface area contributed by atoms with Crippen molar-refractivity contribution in [3.8, 4) is 5.75 Å². The molecule has 1 N–H and O–H groups in total. The molecule has 3 aromatic rings. The number of methoxy groups -OCH3 is 1. The second-order valence-corrected chi connectivity index (χ2v) is 7.41. The van der Waals surface area contributed by atoms with Crippen LogP contribution in [0.25, 0.3) is 10.8 Å². The van der Waals surface area contributed by atoms with Crippen LogP contribution in [0, 0.1) is 6.92 Å². The van der Waals surface area contributed by atoms with E-state index in [4.69, 9.17) is 4.74 Å². The number of carbonyl (C=O) groups is 1. The minimum absolute atomic E-state index is 0.0498. The number of rotatable bonds is 7. The molecule has 0 spiro atoms. The molecule has 2 aromatic carbocycles. The highest BCUT2D eigenvalue weighted by Gasteiger charge is 2.11. The minimum atomic E-state index is -0.126. The number of hydrogen-bond donors (Lipinski definition) is 1. The van der Waals surface area contributed by atoms with Gasteiger partial charge in [0.2, 0.25) is 5.91 Å². The fraction of sp³-hybridized carbons (Fsp3) is 0.304. The highest BCUT2D eigenvalue weighted by molar-refractivity contribution is 6.02. The standard InChI is InChI=1S/C23H27N3O3/c1-16-14-17(8-9-21(16)29-4)15-22(27)24-20-7-5-6-19-18(20)10-11-26(23(19)28)13-12-25(2)3/h5-11,14H,12-13,15H2,1-4H3,(H,24,27). The van der Waals surface area contributed by atoms with Gasteiger partial charge in [-0.25, -0.2) is 0 Å². The number of aromatic nitrogens is 1. The van der Waals surface area contributed by atoms with Gasteiger partial charge in [-0.2, -0.15) is 0 Å². The van der Waals surface area contributed by atoms with Gasteiger partial charge in [0.15, 0.2) is 0 Å². The lowest BCUT2D eigenvalue weighted by Gasteiger charge is -2.13. The van der Waals surface area contributed by atoms with Crippen molar-refractivity contribution in [1.29, 1.82) is 0 Å². The van der Waals surface area contributed by atoms with Crippen LogP contribution in [0.3, 0.4) is 0 Å². The van der Waals surface area contributed by atoms with Crippen LogP contribution in [0.5, 0.6) is 5.75 Å². The third-order valence-electron chi connectivity index (χ3n) is 4.90. The van der Waals surface area contributed by atoms with Gasteiger partial charge in [0.25, 0.3) is 5.56 Å². The lowest BCUT2D eigenvalue weighted by atomic mass is 10.1. The smallest absolute Gasteiger partial charge is 0.258 e. The molecule has 0 saturated heterocycles. The van der Waals surface area contributed by atoms with Crippen LogP contribution >= 0.6 is 0 Å².